The zero-order chi connectivity index (χ0) is 4.28. The van der Waals surface area contributed by atoms with Crippen molar-refractivity contribution in [3.8, 4) is 0 Å². The van der Waals surface area contributed by atoms with Crippen molar-refractivity contribution in [1.29, 1.82) is 0 Å². The summed E-state index contributed by atoms with van der Waals surface area (Å²) in [4.78, 5) is 12.5. The van der Waals surface area contributed by atoms with E-state index >= 15 is 0 Å². The molecule has 0 spiro atoms. The molecule has 3 nitrogen and oxygen atoms in total. The number of hydrogen-bond acceptors (Lipinski definition) is 3. The van der Waals surface area contributed by atoms with Crippen molar-refractivity contribution < 1.29 is 14.9 Å². The Morgan fingerprint density at radius 3 is 2.20 bits per heavy atom. The second-order valence-corrected chi connectivity index (χ2v) is 0.583. The van der Waals surface area contributed by atoms with Gasteiger partial charge in [0.1, 0.15) is 0 Å². The van der Waals surface area contributed by atoms with Crippen LogP contribution < -0.4 is 0 Å². The third-order valence-electron chi connectivity index (χ3n) is 0.129. The highest BCUT2D eigenvalue weighted by molar-refractivity contribution is 6.54. The average Bonchev–Trinajstić information content (AvgIpc) is 1.38. The van der Waals surface area contributed by atoms with E-state index in [0.29, 0.717) is 0 Å². The van der Waals surface area contributed by atoms with Crippen LogP contribution in [0.4, 0.5) is 4.79 Å². The Balaban J connectivity index is 2.85. The van der Waals surface area contributed by atoms with Crippen LogP contribution in [0.5, 0.6) is 0 Å². The molecule has 0 aliphatic heterocycles. The summed E-state index contributed by atoms with van der Waals surface area (Å²) in [5, 5.41) is 7.29. The van der Waals surface area contributed by atoms with Crippen LogP contribution in [-0.4, -0.2) is 19.0 Å². The van der Waals surface area contributed by atoms with E-state index in [1.165, 1.54) is 0 Å². The van der Waals surface area contributed by atoms with E-state index in [0.717, 1.165) is 7.85 Å². The lowest BCUT2D eigenvalue weighted by atomic mass is 10.2. The third-order valence-corrected chi connectivity index (χ3v) is 0.129. The van der Waals surface area contributed by atoms with Crippen molar-refractivity contribution >= 4 is 13.7 Å². The van der Waals surface area contributed by atoms with Gasteiger partial charge in [-0.2, -0.15) is 0 Å². The topological polar surface area (TPSA) is 46.5 Å². The molecule has 0 saturated heterocycles. The Kier molecular flexibility index (Phi) is 1.60. The SMILES string of the molecule is BC(=O)OO. The van der Waals surface area contributed by atoms with Crippen molar-refractivity contribution in [3.05, 3.63) is 0 Å². The molecule has 0 aliphatic carbocycles. The molecule has 0 rings (SSSR count). The normalized spacial score (nSPS) is 6.60. The maximum atomic E-state index is 9.34. The summed E-state index contributed by atoms with van der Waals surface area (Å²) in [5.74, 6) is -0.690. The highest BCUT2D eigenvalue weighted by Crippen LogP contribution is 1.58. The van der Waals surface area contributed by atoms with E-state index in [2.05, 4.69) is 4.89 Å². The lowest BCUT2D eigenvalue weighted by Gasteiger charge is -1.77. The second-order valence-electron chi connectivity index (χ2n) is 0.583. The van der Waals surface area contributed by atoms with Crippen LogP contribution in [-0.2, 0) is 4.89 Å². The summed E-state index contributed by atoms with van der Waals surface area (Å²) in [5.41, 5.74) is 0. The minimum Gasteiger partial charge on any atom is -0.314 e. The van der Waals surface area contributed by atoms with Crippen LogP contribution in [0.25, 0.3) is 0 Å². The Bertz CT molecular complexity index is 42.2. The molecule has 0 atom stereocenters. The molecular weight excluding hydrogens is 70.8 g/mol. The van der Waals surface area contributed by atoms with E-state index < -0.39 is 5.87 Å². The van der Waals surface area contributed by atoms with Gasteiger partial charge in [0.05, 0.1) is 0 Å². The van der Waals surface area contributed by atoms with Gasteiger partial charge in [-0.3, -0.25) is 4.79 Å². The summed E-state index contributed by atoms with van der Waals surface area (Å²) in [7, 11) is 1.11. The first-order valence-corrected chi connectivity index (χ1v) is 1.09. The van der Waals surface area contributed by atoms with Crippen molar-refractivity contribution in [3.63, 3.8) is 0 Å². The Labute approximate surface area is 29.9 Å². The van der Waals surface area contributed by atoms with Gasteiger partial charge >= 0.3 is 0 Å². The summed E-state index contributed by atoms with van der Waals surface area (Å²) >= 11 is 0. The van der Waals surface area contributed by atoms with Gasteiger partial charge in [-0.05, 0) is 0 Å². The van der Waals surface area contributed by atoms with Gasteiger partial charge < -0.3 is 4.89 Å². The second kappa shape index (κ2) is 1.78. The van der Waals surface area contributed by atoms with E-state index in [4.69, 9.17) is 5.26 Å². The van der Waals surface area contributed by atoms with Crippen LogP contribution in [0.15, 0.2) is 0 Å². The number of hydrogen-bond donors (Lipinski definition) is 1. The molecule has 0 aromatic heterocycles. The zero-order valence-corrected chi connectivity index (χ0v) is 2.76. The van der Waals surface area contributed by atoms with E-state index in [9.17, 15) is 4.79 Å². The van der Waals surface area contributed by atoms with Crippen molar-refractivity contribution in [2.45, 2.75) is 0 Å². The third kappa shape index (κ3) is 3.49. The molecule has 0 aromatic carbocycles. The quantitative estimate of drug-likeness (QED) is 0.233. The minimum atomic E-state index is -0.690. The van der Waals surface area contributed by atoms with Gasteiger partial charge in [0.15, 0.2) is 0 Å². The number of carbonyl (C=O) groups is 1. The molecule has 0 saturated carbocycles. The average molecular weight is 73.8 g/mol. The van der Waals surface area contributed by atoms with Gasteiger partial charge in [-0.25, -0.2) is 5.26 Å². The maximum absolute atomic E-state index is 9.34. The molecular formula is CH3BO3. The molecule has 4 heteroatoms. The molecule has 0 bridgehead atoms. The molecule has 0 radical (unpaired) electrons. The van der Waals surface area contributed by atoms with E-state index in [1.807, 2.05) is 0 Å². The minimum absolute atomic E-state index is 0.690. The Hall–Kier alpha value is -0.505. The van der Waals surface area contributed by atoms with E-state index in [-0.39, 0.29) is 0 Å². The summed E-state index contributed by atoms with van der Waals surface area (Å²) < 4.78 is 0. The number of rotatable bonds is 0. The predicted octanol–water partition coefficient (Wildman–Crippen LogP) is -0.771. The Morgan fingerprint density at radius 1 is 2.00 bits per heavy atom. The van der Waals surface area contributed by atoms with Crippen molar-refractivity contribution in [1.82, 2.24) is 0 Å². The van der Waals surface area contributed by atoms with Gasteiger partial charge in [-0.1, -0.05) is 0 Å². The summed E-state index contributed by atoms with van der Waals surface area (Å²) in [6.45, 7) is 0. The first kappa shape index (κ1) is 4.49. The molecule has 0 amide bonds. The highest BCUT2D eigenvalue weighted by Gasteiger charge is 1.80. The zero-order valence-electron chi connectivity index (χ0n) is 2.76. The maximum Gasteiger partial charge on any atom is 0.282 e. The molecule has 1 N–H and O–H groups in total. The van der Waals surface area contributed by atoms with E-state index in [1.54, 1.807) is 0 Å². The smallest absolute Gasteiger partial charge is 0.282 e. The fraction of sp³-hybridized carbons (Fsp3) is 0. The van der Waals surface area contributed by atoms with Gasteiger partial charge in [0, 0.05) is 0 Å². The summed E-state index contributed by atoms with van der Waals surface area (Å²) in [6, 6.07) is 0. The molecule has 0 aromatic rings. The van der Waals surface area contributed by atoms with Gasteiger partial charge in [0.25, 0.3) is 5.87 Å². The molecule has 0 heterocycles. The fourth-order valence-corrected chi connectivity index (χ4v) is 0. The lowest BCUT2D eigenvalue weighted by Crippen LogP contribution is -1.93. The van der Waals surface area contributed by atoms with Gasteiger partial charge in [-0.15, -0.1) is 0 Å². The first-order chi connectivity index (χ1) is 2.27. The number of carbonyl (C=O) groups excluding carboxylic acids is 1. The monoisotopic (exact) mass is 74.0 g/mol. The predicted molar refractivity (Wildman–Crippen MR) is 17.7 cm³/mol. The lowest BCUT2D eigenvalue weighted by molar-refractivity contribution is -0.167. The van der Waals surface area contributed by atoms with Crippen LogP contribution in [0.3, 0.4) is 0 Å². The Morgan fingerprint density at radius 2 is 2.20 bits per heavy atom. The van der Waals surface area contributed by atoms with Crippen LogP contribution in [0.1, 0.15) is 0 Å². The molecule has 0 unspecified atom stereocenters. The fourth-order valence-electron chi connectivity index (χ4n) is 0. The molecule has 0 fully saturated rings. The largest absolute Gasteiger partial charge is 0.314 e. The van der Waals surface area contributed by atoms with Gasteiger partial charge in [0.2, 0.25) is 7.85 Å². The molecule has 0 aliphatic rings. The highest BCUT2D eigenvalue weighted by atomic mass is 17.1. The van der Waals surface area contributed by atoms with Crippen LogP contribution in [0, 0.1) is 0 Å². The molecule has 5 heavy (non-hydrogen) atoms. The van der Waals surface area contributed by atoms with Crippen LogP contribution in [0.2, 0.25) is 0 Å². The summed E-state index contributed by atoms with van der Waals surface area (Å²) in [6.07, 6.45) is 0. The first-order valence-electron chi connectivity index (χ1n) is 1.09. The van der Waals surface area contributed by atoms with Crippen molar-refractivity contribution in [2.75, 3.05) is 0 Å². The molecule has 28 valence electrons. The standard InChI is InChI=1S/CH3BO3/c2-1(3)5-4/h4H,2H2. The van der Waals surface area contributed by atoms with Crippen LogP contribution >= 0.6 is 0 Å². The van der Waals surface area contributed by atoms with Crippen molar-refractivity contribution in [2.24, 2.45) is 0 Å².